The summed E-state index contributed by atoms with van der Waals surface area (Å²) in [7, 11) is 1.16. The molecule has 1 saturated heterocycles. The Hall–Kier alpha value is -1.82. The monoisotopic (exact) mass is 342 g/mol. The molecule has 1 fully saturated rings. The summed E-state index contributed by atoms with van der Waals surface area (Å²) < 4.78 is 26.4. The Morgan fingerprint density at radius 2 is 2.17 bits per heavy atom. The van der Waals surface area contributed by atoms with Gasteiger partial charge in [0, 0.05) is 23.0 Å². The first-order chi connectivity index (χ1) is 11.5. The minimum atomic E-state index is -1.93. The molecule has 0 saturated carbocycles. The Labute approximate surface area is 143 Å². The predicted molar refractivity (Wildman–Crippen MR) is 85.1 cm³/mol. The molecule has 0 radical (unpaired) electrons. The first kappa shape index (κ1) is 14.8. The molecule has 0 aromatic carbocycles. The van der Waals surface area contributed by atoms with Gasteiger partial charge >= 0.3 is 12.1 Å². The van der Waals surface area contributed by atoms with Crippen molar-refractivity contribution in [1.29, 1.82) is 0 Å². The van der Waals surface area contributed by atoms with Gasteiger partial charge in [0.05, 0.1) is 15.9 Å². The second-order valence-electron chi connectivity index (χ2n) is 6.16. The highest BCUT2D eigenvalue weighted by Crippen LogP contribution is 2.39. The smallest absolute Gasteiger partial charge is 0.411 e. The topological polar surface area (TPSA) is 68.7 Å². The molecular weight excluding hydrogens is 320 g/mol. The number of halogens is 1. The number of carbonyl (C=O) groups is 2. The highest BCUT2D eigenvalue weighted by molar-refractivity contribution is 6.31. The zero-order valence-electron chi connectivity index (χ0n) is 15.6. The molecule has 0 bridgehead atoms. The fraction of sp³-hybridized carbons (Fsp3) is 0.562. The lowest BCUT2D eigenvalue weighted by Crippen LogP contribution is -2.45. The van der Waals surface area contributed by atoms with Crippen LogP contribution >= 0.6 is 11.6 Å². The molecule has 2 rings (SSSR count). The zero-order chi connectivity index (χ0) is 19.0. The van der Waals surface area contributed by atoms with Gasteiger partial charge in [-0.1, -0.05) is 11.6 Å². The molecule has 1 aliphatic rings. The van der Waals surface area contributed by atoms with E-state index in [2.05, 4.69) is 4.98 Å². The van der Waals surface area contributed by atoms with E-state index in [1.165, 1.54) is 12.4 Å². The molecular formula is C16H21ClN2O4. The van der Waals surface area contributed by atoms with Gasteiger partial charge in [-0.15, -0.1) is 0 Å². The molecule has 1 amide bonds. The van der Waals surface area contributed by atoms with E-state index in [9.17, 15) is 9.59 Å². The maximum atomic E-state index is 12.7. The maximum absolute atomic E-state index is 12.7. The number of pyridine rings is 1. The van der Waals surface area contributed by atoms with Crippen LogP contribution in [0.25, 0.3) is 0 Å². The number of hydrogen-bond donors (Lipinski definition) is 0. The van der Waals surface area contributed by atoms with E-state index in [0.717, 1.165) is 12.0 Å². The van der Waals surface area contributed by atoms with Crippen LogP contribution in [0.3, 0.4) is 0 Å². The SMILES string of the molecule is [2H]c1cncc([C@@H]2CC[C@]([2H])(C(=O)OC)N2C(=O)OC(C)(C)C)c1Cl. The molecule has 0 spiro atoms. The number of esters is 1. The quantitative estimate of drug-likeness (QED) is 0.771. The van der Waals surface area contributed by atoms with Crippen LogP contribution in [0.4, 0.5) is 4.79 Å². The van der Waals surface area contributed by atoms with Crippen LogP contribution in [0.2, 0.25) is 5.02 Å². The summed E-state index contributed by atoms with van der Waals surface area (Å²) >= 11 is 6.20. The molecule has 126 valence electrons. The summed E-state index contributed by atoms with van der Waals surface area (Å²) in [5.41, 5.74) is -0.404. The minimum absolute atomic E-state index is 0.00357. The van der Waals surface area contributed by atoms with Crippen molar-refractivity contribution >= 4 is 23.7 Å². The Kier molecular flexibility index (Phi) is 4.33. The first-order valence-electron chi connectivity index (χ1n) is 8.22. The van der Waals surface area contributed by atoms with Gasteiger partial charge in [0.25, 0.3) is 0 Å². The summed E-state index contributed by atoms with van der Waals surface area (Å²) in [4.78, 5) is 29.9. The van der Waals surface area contributed by atoms with Crippen molar-refractivity contribution in [2.24, 2.45) is 0 Å². The number of likely N-dealkylation sites (tertiary alicyclic amines) is 1. The summed E-state index contributed by atoms with van der Waals surface area (Å²) in [6, 6.07) is -2.64. The highest BCUT2D eigenvalue weighted by Gasteiger charge is 2.44. The third-order valence-corrected chi connectivity index (χ3v) is 3.69. The van der Waals surface area contributed by atoms with Crippen molar-refractivity contribution in [2.75, 3.05) is 7.11 Å². The van der Waals surface area contributed by atoms with Crippen LogP contribution in [-0.4, -0.2) is 40.7 Å². The van der Waals surface area contributed by atoms with Crippen LogP contribution in [0.15, 0.2) is 18.4 Å². The Balaban J connectivity index is 2.50. The van der Waals surface area contributed by atoms with Gasteiger partial charge in [0.2, 0.25) is 0 Å². The fourth-order valence-electron chi connectivity index (χ4n) is 2.46. The number of nitrogens with zero attached hydrogens (tertiary/aromatic N) is 2. The second-order valence-corrected chi connectivity index (χ2v) is 6.54. The van der Waals surface area contributed by atoms with Gasteiger partial charge in [-0.3, -0.25) is 9.88 Å². The Bertz CT molecular complexity index is 695. The number of ether oxygens (including phenoxy) is 2. The van der Waals surface area contributed by atoms with Crippen molar-refractivity contribution in [1.82, 2.24) is 9.88 Å². The lowest BCUT2D eigenvalue weighted by molar-refractivity contribution is -0.146. The Morgan fingerprint density at radius 1 is 1.48 bits per heavy atom. The number of hydrogen-bond acceptors (Lipinski definition) is 5. The van der Waals surface area contributed by atoms with Gasteiger partial charge in [-0.25, -0.2) is 9.59 Å². The minimum Gasteiger partial charge on any atom is -0.467 e. The van der Waals surface area contributed by atoms with E-state index < -0.39 is 29.7 Å². The first-order valence-corrected chi connectivity index (χ1v) is 7.60. The molecule has 0 N–H and O–H groups in total. The fourth-order valence-corrected chi connectivity index (χ4v) is 2.68. The summed E-state index contributed by atoms with van der Waals surface area (Å²) in [6.45, 7) is 5.08. The van der Waals surface area contributed by atoms with Gasteiger partial charge in [-0.2, -0.15) is 0 Å². The van der Waals surface area contributed by atoms with Gasteiger partial charge in [0.15, 0.2) is 0 Å². The lowest BCUT2D eigenvalue weighted by atomic mass is 10.1. The molecule has 23 heavy (non-hydrogen) atoms. The van der Waals surface area contributed by atoms with E-state index >= 15 is 0 Å². The van der Waals surface area contributed by atoms with E-state index in [-0.39, 0.29) is 17.5 Å². The van der Waals surface area contributed by atoms with Gasteiger partial charge in [0.1, 0.15) is 11.6 Å². The largest absolute Gasteiger partial charge is 0.467 e. The van der Waals surface area contributed by atoms with E-state index in [0.29, 0.717) is 12.0 Å². The molecule has 1 aliphatic heterocycles. The second kappa shape index (κ2) is 6.74. The zero-order valence-corrected chi connectivity index (χ0v) is 14.3. The van der Waals surface area contributed by atoms with E-state index in [1.807, 2.05) is 0 Å². The van der Waals surface area contributed by atoms with Crippen LogP contribution < -0.4 is 0 Å². The number of amides is 1. The molecule has 2 atom stereocenters. The maximum Gasteiger partial charge on any atom is 0.411 e. The van der Waals surface area contributed by atoms with Crippen molar-refractivity contribution in [2.45, 2.75) is 51.3 Å². The van der Waals surface area contributed by atoms with Gasteiger partial charge in [-0.05, 0) is 39.7 Å². The van der Waals surface area contributed by atoms with Crippen LogP contribution in [0.1, 0.15) is 48.0 Å². The average molecular weight is 343 g/mol. The van der Waals surface area contributed by atoms with Crippen LogP contribution in [0, 0.1) is 0 Å². The van der Waals surface area contributed by atoms with E-state index in [1.54, 1.807) is 20.8 Å². The summed E-state index contributed by atoms with van der Waals surface area (Å²) in [6.07, 6.45) is 2.25. The standard InChI is InChI=1S/C16H21ClN2O4/c1-16(2,3)23-15(21)19-12(5-6-13(19)14(20)22-4)10-9-18-8-7-11(10)17/h7-9,12-13H,5-6H2,1-4H3/t12-,13+/m0/s1/i7D,13D. The summed E-state index contributed by atoms with van der Waals surface area (Å²) in [5.74, 6) is -0.855. The van der Waals surface area contributed by atoms with Crippen molar-refractivity contribution in [3.63, 3.8) is 0 Å². The summed E-state index contributed by atoms with van der Waals surface area (Å²) in [5, 5.41) is 0.127. The third-order valence-electron chi connectivity index (χ3n) is 3.36. The molecule has 1 aromatic rings. The molecule has 1 aromatic heterocycles. The molecule has 2 heterocycles. The third kappa shape index (κ3) is 3.93. The predicted octanol–water partition coefficient (Wildman–Crippen LogP) is 3.35. The highest BCUT2D eigenvalue weighted by atomic mass is 35.5. The van der Waals surface area contributed by atoms with Crippen molar-refractivity contribution in [3.8, 4) is 0 Å². The van der Waals surface area contributed by atoms with Crippen LogP contribution in [0.5, 0.6) is 0 Å². The molecule has 6 nitrogen and oxygen atoms in total. The number of rotatable bonds is 2. The normalized spacial score (nSPS) is 25.6. The molecule has 0 aliphatic carbocycles. The van der Waals surface area contributed by atoms with Crippen LogP contribution in [-0.2, 0) is 14.3 Å². The number of methoxy groups -OCH3 is 1. The average Bonchev–Trinajstić information content (AvgIpc) is 2.86. The Morgan fingerprint density at radius 3 is 2.78 bits per heavy atom. The molecule has 0 unspecified atom stereocenters. The van der Waals surface area contributed by atoms with Crippen molar-refractivity contribution in [3.05, 3.63) is 29.0 Å². The van der Waals surface area contributed by atoms with Crippen molar-refractivity contribution < 1.29 is 21.8 Å². The van der Waals surface area contributed by atoms with Gasteiger partial charge < -0.3 is 9.47 Å². The number of carbonyl (C=O) groups excluding carboxylic acids is 2. The number of aromatic nitrogens is 1. The lowest BCUT2D eigenvalue weighted by Gasteiger charge is -2.31. The van der Waals surface area contributed by atoms with E-state index in [4.69, 9.17) is 23.8 Å². The molecule has 7 heteroatoms.